The maximum absolute atomic E-state index is 11.6. The van der Waals surface area contributed by atoms with E-state index in [0.717, 1.165) is 39.0 Å². The third kappa shape index (κ3) is 3.70. The average Bonchev–Trinajstić information content (AvgIpc) is 3.15. The Morgan fingerprint density at radius 1 is 0.933 bits per heavy atom. The van der Waals surface area contributed by atoms with Crippen LogP contribution in [0.3, 0.4) is 0 Å². The molecule has 30 heavy (non-hydrogen) atoms. The summed E-state index contributed by atoms with van der Waals surface area (Å²) >= 11 is 0. The lowest BCUT2D eigenvalue weighted by Crippen LogP contribution is -2.12. The lowest BCUT2D eigenvalue weighted by atomic mass is 10.0. The van der Waals surface area contributed by atoms with Crippen LogP contribution in [-0.4, -0.2) is 21.6 Å². The monoisotopic (exact) mass is 398 g/mol. The summed E-state index contributed by atoms with van der Waals surface area (Å²) in [6.07, 6.45) is 0.444. The van der Waals surface area contributed by atoms with Gasteiger partial charge in [0.1, 0.15) is 0 Å². The average molecular weight is 398 g/mol. The van der Waals surface area contributed by atoms with Crippen molar-refractivity contribution in [2.45, 2.75) is 19.8 Å². The molecule has 3 N–H and O–H groups in total. The van der Waals surface area contributed by atoms with Crippen molar-refractivity contribution in [3.05, 3.63) is 89.6 Å². The van der Waals surface area contributed by atoms with Crippen LogP contribution in [0.25, 0.3) is 27.7 Å². The number of carboxylic acids is 1. The van der Waals surface area contributed by atoms with Gasteiger partial charge >= 0.3 is 5.97 Å². The molecule has 3 aromatic carbocycles. The largest absolute Gasteiger partial charge is 0.481 e. The summed E-state index contributed by atoms with van der Waals surface area (Å²) in [5.41, 5.74) is 10.6. The Bertz CT molecular complexity index is 1270. The van der Waals surface area contributed by atoms with Crippen molar-refractivity contribution < 1.29 is 14.7 Å². The summed E-state index contributed by atoms with van der Waals surface area (Å²) in [4.78, 5) is 22.7. The van der Waals surface area contributed by atoms with Gasteiger partial charge in [-0.25, -0.2) is 0 Å². The fourth-order valence-corrected chi connectivity index (χ4v) is 3.83. The van der Waals surface area contributed by atoms with Crippen LogP contribution in [-0.2, 0) is 11.2 Å². The molecule has 0 aliphatic carbocycles. The summed E-state index contributed by atoms with van der Waals surface area (Å²) in [5.74, 6) is -1.31. The van der Waals surface area contributed by atoms with Gasteiger partial charge in [-0.2, -0.15) is 0 Å². The van der Waals surface area contributed by atoms with Gasteiger partial charge in [0.05, 0.1) is 12.1 Å². The smallest absolute Gasteiger partial charge is 0.303 e. The summed E-state index contributed by atoms with van der Waals surface area (Å²) in [7, 11) is 0. The molecule has 0 saturated heterocycles. The quantitative estimate of drug-likeness (QED) is 0.493. The summed E-state index contributed by atoms with van der Waals surface area (Å²) in [6, 6.07) is 23.8. The molecule has 0 bridgehead atoms. The molecule has 1 amide bonds. The molecule has 1 heterocycles. The maximum atomic E-state index is 11.6. The number of nitrogens with two attached hydrogens (primary N) is 1. The molecular formula is C25H22N2O3. The second kappa shape index (κ2) is 7.87. The lowest BCUT2D eigenvalue weighted by Gasteiger charge is -2.17. The lowest BCUT2D eigenvalue weighted by molar-refractivity contribution is -0.136. The van der Waals surface area contributed by atoms with Gasteiger partial charge < -0.3 is 15.4 Å². The van der Waals surface area contributed by atoms with Crippen molar-refractivity contribution >= 4 is 22.6 Å². The van der Waals surface area contributed by atoms with Gasteiger partial charge in [-0.1, -0.05) is 36.4 Å². The molecule has 0 radical (unpaired) electrons. The van der Waals surface area contributed by atoms with Gasteiger partial charge in [-0.05, 0) is 71.6 Å². The highest BCUT2D eigenvalue weighted by molar-refractivity contribution is 5.93. The first-order valence-corrected chi connectivity index (χ1v) is 9.76. The number of primary amides is 1. The molecule has 150 valence electrons. The fourth-order valence-electron chi connectivity index (χ4n) is 3.83. The Morgan fingerprint density at radius 3 is 2.40 bits per heavy atom. The molecule has 0 spiro atoms. The standard InChI is InChI=1S/C25H22N2O3/c1-16-14-20(25(26)30)8-11-22(16)27-21(10-13-24(28)29)9-12-23(27)19-7-6-17-4-2-3-5-18(17)15-19/h2-9,11-12,14-15H,10,13H2,1H3,(H2,26,30)(H,28,29). The van der Waals surface area contributed by atoms with Crippen LogP contribution >= 0.6 is 0 Å². The van der Waals surface area contributed by atoms with E-state index in [4.69, 9.17) is 10.8 Å². The third-order valence-corrected chi connectivity index (χ3v) is 5.32. The summed E-state index contributed by atoms with van der Waals surface area (Å²) in [5, 5.41) is 11.5. The number of hydrogen-bond acceptors (Lipinski definition) is 2. The second-order valence-corrected chi connectivity index (χ2v) is 7.37. The number of fused-ring (bicyclic) bond motifs is 1. The minimum Gasteiger partial charge on any atom is -0.481 e. The zero-order valence-electron chi connectivity index (χ0n) is 16.6. The number of aryl methyl sites for hydroxylation is 2. The number of aromatic nitrogens is 1. The van der Waals surface area contributed by atoms with Crippen LogP contribution in [0.4, 0.5) is 0 Å². The highest BCUT2D eigenvalue weighted by Gasteiger charge is 2.16. The Balaban J connectivity index is 1.89. The number of benzene rings is 3. The van der Waals surface area contributed by atoms with Crippen molar-refractivity contribution in [3.63, 3.8) is 0 Å². The number of nitrogens with zero attached hydrogens (tertiary/aromatic N) is 1. The van der Waals surface area contributed by atoms with Crippen molar-refractivity contribution in [1.82, 2.24) is 4.57 Å². The number of carbonyl (C=O) groups excluding carboxylic acids is 1. The Kier molecular flexibility index (Phi) is 5.11. The summed E-state index contributed by atoms with van der Waals surface area (Å²) < 4.78 is 2.08. The van der Waals surface area contributed by atoms with Gasteiger partial charge in [-0.3, -0.25) is 9.59 Å². The molecule has 4 rings (SSSR count). The Morgan fingerprint density at radius 2 is 1.70 bits per heavy atom. The van der Waals surface area contributed by atoms with E-state index >= 15 is 0 Å². The predicted molar refractivity (Wildman–Crippen MR) is 118 cm³/mol. The molecular weight excluding hydrogens is 376 g/mol. The normalized spacial score (nSPS) is 11.0. The molecule has 5 heteroatoms. The van der Waals surface area contributed by atoms with E-state index in [1.807, 2.05) is 37.3 Å². The van der Waals surface area contributed by atoms with Gasteiger partial charge in [0.15, 0.2) is 0 Å². The minimum atomic E-state index is -0.837. The van der Waals surface area contributed by atoms with Crippen molar-refractivity contribution in [1.29, 1.82) is 0 Å². The minimum absolute atomic E-state index is 0.0413. The molecule has 0 atom stereocenters. The Labute approximate surface area is 174 Å². The third-order valence-electron chi connectivity index (χ3n) is 5.32. The first-order chi connectivity index (χ1) is 14.4. The number of carboxylic acid groups (broad SMARTS) is 1. The zero-order chi connectivity index (χ0) is 21.3. The van der Waals surface area contributed by atoms with E-state index in [2.05, 4.69) is 34.9 Å². The molecule has 5 nitrogen and oxygen atoms in total. The number of aliphatic carboxylic acids is 1. The number of rotatable bonds is 6. The van der Waals surface area contributed by atoms with Gasteiger partial charge in [0.25, 0.3) is 0 Å². The van der Waals surface area contributed by atoms with Crippen LogP contribution in [0.1, 0.15) is 28.0 Å². The first kappa shape index (κ1) is 19.5. The van der Waals surface area contributed by atoms with E-state index in [1.165, 1.54) is 0 Å². The van der Waals surface area contributed by atoms with E-state index in [9.17, 15) is 9.59 Å². The van der Waals surface area contributed by atoms with Crippen molar-refractivity contribution in [3.8, 4) is 16.9 Å². The van der Waals surface area contributed by atoms with Crippen LogP contribution < -0.4 is 5.73 Å². The molecule has 4 aromatic rings. The van der Waals surface area contributed by atoms with E-state index in [1.54, 1.807) is 12.1 Å². The van der Waals surface area contributed by atoms with E-state index < -0.39 is 11.9 Å². The topological polar surface area (TPSA) is 85.3 Å². The van der Waals surface area contributed by atoms with Gasteiger partial charge in [0.2, 0.25) is 5.91 Å². The molecule has 0 saturated carbocycles. The van der Waals surface area contributed by atoms with Crippen LogP contribution in [0.2, 0.25) is 0 Å². The maximum Gasteiger partial charge on any atom is 0.303 e. The van der Waals surface area contributed by atoms with E-state index in [0.29, 0.717) is 12.0 Å². The molecule has 0 unspecified atom stereocenters. The van der Waals surface area contributed by atoms with Crippen LogP contribution in [0, 0.1) is 6.92 Å². The number of amides is 1. The SMILES string of the molecule is Cc1cc(C(N)=O)ccc1-n1c(CCC(=O)O)ccc1-c1ccc2ccccc2c1. The molecule has 0 fully saturated rings. The molecule has 0 aliphatic heterocycles. The zero-order valence-corrected chi connectivity index (χ0v) is 16.6. The highest BCUT2D eigenvalue weighted by Crippen LogP contribution is 2.31. The fraction of sp³-hybridized carbons (Fsp3) is 0.120. The number of carbonyl (C=O) groups is 2. The van der Waals surface area contributed by atoms with E-state index in [-0.39, 0.29) is 6.42 Å². The molecule has 1 aromatic heterocycles. The van der Waals surface area contributed by atoms with Gasteiger partial charge in [0, 0.05) is 16.9 Å². The van der Waals surface area contributed by atoms with Gasteiger partial charge in [-0.15, -0.1) is 0 Å². The molecule has 0 aliphatic rings. The van der Waals surface area contributed by atoms with Crippen molar-refractivity contribution in [2.24, 2.45) is 5.73 Å². The Hall–Kier alpha value is -3.86. The second-order valence-electron chi connectivity index (χ2n) is 7.37. The highest BCUT2D eigenvalue weighted by atomic mass is 16.4. The van der Waals surface area contributed by atoms with Crippen LogP contribution in [0.15, 0.2) is 72.8 Å². The van der Waals surface area contributed by atoms with Crippen LogP contribution in [0.5, 0.6) is 0 Å². The predicted octanol–water partition coefficient (Wildman–Crippen LogP) is 4.72. The van der Waals surface area contributed by atoms with Crippen molar-refractivity contribution in [2.75, 3.05) is 0 Å². The first-order valence-electron chi connectivity index (χ1n) is 9.76. The summed E-state index contributed by atoms with van der Waals surface area (Å²) in [6.45, 7) is 1.92. The number of hydrogen-bond donors (Lipinski definition) is 2.